The van der Waals surface area contributed by atoms with Crippen molar-refractivity contribution in [1.29, 1.82) is 0 Å². The van der Waals surface area contributed by atoms with E-state index in [1.807, 2.05) is 0 Å². The molecular formula is C19H20ClN3O4. The highest BCUT2D eigenvalue weighted by Gasteiger charge is 2.19. The molecule has 8 heteroatoms. The molecule has 0 fully saturated rings. The number of carbonyl (C=O) groups excluding carboxylic acids is 3. The van der Waals surface area contributed by atoms with Crippen molar-refractivity contribution in [1.82, 2.24) is 10.6 Å². The van der Waals surface area contributed by atoms with Gasteiger partial charge in [0.25, 0.3) is 5.91 Å². The van der Waals surface area contributed by atoms with Crippen LogP contribution in [0.15, 0.2) is 48.5 Å². The van der Waals surface area contributed by atoms with E-state index in [1.165, 1.54) is 7.11 Å². The summed E-state index contributed by atoms with van der Waals surface area (Å²) in [5, 5.41) is 5.40. The number of ether oxygens (including phenoxy) is 1. The van der Waals surface area contributed by atoms with Crippen molar-refractivity contribution < 1.29 is 19.1 Å². The second-order valence-corrected chi connectivity index (χ2v) is 6.15. The maximum absolute atomic E-state index is 12.1. The third-order valence-electron chi connectivity index (χ3n) is 3.78. The highest BCUT2D eigenvalue weighted by molar-refractivity contribution is 6.32. The predicted molar refractivity (Wildman–Crippen MR) is 102 cm³/mol. The van der Waals surface area contributed by atoms with Crippen molar-refractivity contribution in [3.05, 3.63) is 64.7 Å². The lowest BCUT2D eigenvalue weighted by Crippen LogP contribution is -2.49. The number of nitrogens with one attached hydrogen (secondary N) is 2. The molecule has 7 nitrogen and oxygen atoms in total. The van der Waals surface area contributed by atoms with Crippen molar-refractivity contribution in [2.24, 2.45) is 5.73 Å². The zero-order chi connectivity index (χ0) is 19.8. The van der Waals surface area contributed by atoms with E-state index in [9.17, 15) is 14.4 Å². The van der Waals surface area contributed by atoms with Crippen molar-refractivity contribution in [2.75, 3.05) is 13.7 Å². The second kappa shape index (κ2) is 9.59. The van der Waals surface area contributed by atoms with Gasteiger partial charge in [0.15, 0.2) is 0 Å². The Morgan fingerprint density at radius 1 is 1.15 bits per heavy atom. The van der Waals surface area contributed by atoms with Gasteiger partial charge < -0.3 is 21.1 Å². The van der Waals surface area contributed by atoms with E-state index in [-0.39, 0.29) is 18.9 Å². The van der Waals surface area contributed by atoms with Crippen LogP contribution in [0.25, 0.3) is 0 Å². The fourth-order valence-corrected chi connectivity index (χ4v) is 2.67. The summed E-state index contributed by atoms with van der Waals surface area (Å²) in [4.78, 5) is 35.7. The third kappa shape index (κ3) is 6.00. The number of halogens is 1. The van der Waals surface area contributed by atoms with Crippen LogP contribution >= 0.6 is 11.6 Å². The van der Waals surface area contributed by atoms with E-state index in [4.69, 9.17) is 22.1 Å². The summed E-state index contributed by atoms with van der Waals surface area (Å²) in [6.07, 6.45) is 0.164. The summed E-state index contributed by atoms with van der Waals surface area (Å²) in [6, 6.07) is 12.6. The molecule has 27 heavy (non-hydrogen) atoms. The van der Waals surface area contributed by atoms with Gasteiger partial charge in [-0.1, -0.05) is 35.9 Å². The first kappa shape index (κ1) is 20.3. The Morgan fingerprint density at radius 3 is 2.44 bits per heavy atom. The zero-order valence-corrected chi connectivity index (χ0v) is 15.5. The number of hydrogen-bond acceptors (Lipinski definition) is 4. The number of primary amides is 1. The van der Waals surface area contributed by atoms with E-state index >= 15 is 0 Å². The molecule has 0 aliphatic carbocycles. The summed E-state index contributed by atoms with van der Waals surface area (Å²) in [5.41, 5.74) is 6.52. The number of rotatable bonds is 8. The summed E-state index contributed by atoms with van der Waals surface area (Å²) < 4.78 is 5.07. The molecule has 1 atom stereocenters. The number of methoxy groups -OCH3 is 1. The van der Waals surface area contributed by atoms with Gasteiger partial charge in [-0.15, -0.1) is 0 Å². The molecule has 0 unspecified atom stereocenters. The lowest BCUT2D eigenvalue weighted by molar-refractivity contribution is -0.126. The Bertz CT molecular complexity index is 827. The van der Waals surface area contributed by atoms with Crippen molar-refractivity contribution in [3.8, 4) is 5.75 Å². The second-order valence-electron chi connectivity index (χ2n) is 5.74. The number of amides is 3. The summed E-state index contributed by atoms with van der Waals surface area (Å²) in [5.74, 6) is -1.10. The number of benzene rings is 2. The Balaban J connectivity index is 1.93. The fourth-order valence-electron chi connectivity index (χ4n) is 2.39. The maximum atomic E-state index is 12.1. The van der Waals surface area contributed by atoms with E-state index in [1.54, 1.807) is 48.5 Å². The Labute approximate surface area is 161 Å². The van der Waals surface area contributed by atoms with Gasteiger partial charge >= 0.3 is 0 Å². The van der Waals surface area contributed by atoms with Crippen LogP contribution in [-0.2, 0) is 16.0 Å². The molecule has 2 rings (SSSR count). The topological polar surface area (TPSA) is 111 Å². The number of nitrogens with two attached hydrogens (primary N) is 1. The minimum atomic E-state index is -0.935. The maximum Gasteiger partial charge on any atom is 0.251 e. The average Bonchev–Trinajstić information content (AvgIpc) is 2.66. The van der Waals surface area contributed by atoms with Crippen molar-refractivity contribution in [2.45, 2.75) is 12.5 Å². The monoisotopic (exact) mass is 389 g/mol. The summed E-state index contributed by atoms with van der Waals surface area (Å²) in [6.45, 7) is -0.277. The number of carbonyl (C=O) groups is 3. The lowest BCUT2D eigenvalue weighted by atomic mass is 10.1. The van der Waals surface area contributed by atoms with Gasteiger partial charge in [-0.2, -0.15) is 0 Å². The molecule has 142 valence electrons. The molecule has 0 aliphatic rings. The predicted octanol–water partition coefficient (Wildman–Crippen LogP) is 1.29. The molecule has 0 saturated carbocycles. The van der Waals surface area contributed by atoms with Gasteiger partial charge in [0, 0.05) is 12.0 Å². The molecule has 0 radical (unpaired) electrons. The standard InChI is InChI=1S/C19H20ClN3O4/c1-27-16-8-7-12(9-14(16)20)10-15(18(21)25)23-17(24)11-22-19(26)13-5-3-2-4-6-13/h2-9,15H,10-11H2,1H3,(H2,21,25)(H,22,26)(H,23,24)/t15-/m1/s1. The van der Waals surface area contributed by atoms with Gasteiger partial charge in [-0.3, -0.25) is 14.4 Å². The van der Waals surface area contributed by atoms with Crippen LogP contribution < -0.4 is 21.1 Å². The van der Waals surface area contributed by atoms with E-state index in [2.05, 4.69) is 10.6 Å². The summed E-state index contributed by atoms with van der Waals surface area (Å²) in [7, 11) is 1.50. The molecule has 0 saturated heterocycles. The fraction of sp³-hybridized carbons (Fsp3) is 0.211. The normalized spacial score (nSPS) is 11.3. The highest BCUT2D eigenvalue weighted by Crippen LogP contribution is 2.25. The minimum Gasteiger partial charge on any atom is -0.495 e. The first-order valence-corrected chi connectivity index (χ1v) is 8.53. The zero-order valence-electron chi connectivity index (χ0n) is 14.7. The Kier molecular flexibility index (Phi) is 7.19. The van der Waals surface area contributed by atoms with Crippen molar-refractivity contribution >= 4 is 29.3 Å². The van der Waals surface area contributed by atoms with Crippen LogP contribution in [-0.4, -0.2) is 37.4 Å². The molecular weight excluding hydrogens is 370 g/mol. The average molecular weight is 390 g/mol. The van der Waals surface area contributed by atoms with Crippen LogP contribution in [0.4, 0.5) is 0 Å². The van der Waals surface area contributed by atoms with Crippen LogP contribution in [0.1, 0.15) is 15.9 Å². The van der Waals surface area contributed by atoms with Gasteiger partial charge in [0.05, 0.1) is 18.7 Å². The van der Waals surface area contributed by atoms with Gasteiger partial charge in [0.1, 0.15) is 11.8 Å². The molecule has 0 heterocycles. The first-order chi connectivity index (χ1) is 12.9. The van der Waals surface area contributed by atoms with E-state index in [0.29, 0.717) is 21.9 Å². The molecule has 0 spiro atoms. The van der Waals surface area contributed by atoms with Gasteiger partial charge in [0.2, 0.25) is 11.8 Å². The molecule has 2 aromatic carbocycles. The Hall–Kier alpha value is -3.06. The minimum absolute atomic E-state index is 0.164. The van der Waals surface area contributed by atoms with Crippen LogP contribution in [0, 0.1) is 0 Å². The van der Waals surface area contributed by atoms with Crippen molar-refractivity contribution in [3.63, 3.8) is 0 Å². The largest absolute Gasteiger partial charge is 0.495 e. The number of hydrogen-bond donors (Lipinski definition) is 3. The Morgan fingerprint density at radius 2 is 1.85 bits per heavy atom. The van der Waals surface area contributed by atoms with Crippen LogP contribution in [0.5, 0.6) is 5.75 Å². The smallest absolute Gasteiger partial charge is 0.251 e. The summed E-state index contributed by atoms with van der Waals surface area (Å²) >= 11 is 6.07. The van der Waals surface area contributed by atoms with Gasteiger partial charge in [-0.05, 0) is 29.8 Å². The highest BCUT2D eigenvalue weighted by atomic mass is 35.5. The first-order valence-electron chi connectivity index (χ1n) is 8.15. The third-order valence-corrected chi connectivity index (χ3v) is 4.08. The quantitative estimate of drug-likeness (QED) is 0.631. The van der Waals surface area contributed by atoms with Crippen LogP contribution in [0.3, 0.4) is 0 Å². The van der Waals surface area contributed by atoms with E-state index < -0.39 is 17.9 Å². The molecule has 2 aromatic rings. The van der Waals surface area contributed by atoms with E-state index in [0.717, 1.165) is 0 Å². The molecule has 3 amide bonds. The van der Waals surface area contributed by atoms with Gasteiger partial charge in [-0.25, -0.2) is 0 Å². The molecule has 0 bridgehead atoms. The molecule has 0 aromatic heterocycles. The molecule has 0 aliphatic heterocycles. The molecule has 4 N–H and O–H groups in total. The lowest BCUT2D eigenvalue weighted by Gasteiger charge is -2.16. The SMILES string of the molecule is COc1ccc(C[C@@H](NC(=O)CNC(=O)c2ccccc2)C(N)=O)cc1Cl. The van der Waals surface area contributed by atoms with Crippen LogP contribution in [0.2, 0.25) is 5.02 Å².